The molecule has 0 saturated heterocycles. The van der Waals surface area contributed by atoms with E-state index in [-0.39, 0.29) is 0 Å². The lowest BCUT2D eigenvalue weighted by atomic mass is 10.2. The largest absolute Gasteiger partial charge is 0.309 e. The normalized spacial score (nSPS) is 17.9. The summed E-state index contributed by atoms with van der Waals surface area (Å²) < 4.78 is 0. The molecule has 0 spiro atoms. The molecule has 0 aliphatic heterocycles. The van der Waals surface area contributed by atoms with Crippen LogP contribution in [0.25, 0.3) is 0 Å². The molecule has 2 aromatic rings. The third-order valence-electron chi connectivity index (χ3n) is 3.40. The van der Waals surface area contributed by atoms with E-state index in [0.717, 1.165) is 38.1 Å². The maximum absolute atomic E-state index is 4.48. The minimum atomic E-state index is 0.427. The Morgan fingerprint density at radius 2 is 2.39 bits per heavy atom. The molecule has 18 heavy (non-hydrogen) atoms. The van der Waals surface area contributed by atoms with Gasteiger partial charge in [0.15, 0.2) is 0 Å². The summed E-state index contributed by atoms with van der Waals surface area (Å²) in [5.74, 6) is 0.960. The zero-order chi connectivity index (χ0) is 12.2. The van der Waals surface area contributed by atoms with Crippen LogP contribution in [0.3, 0.4) is 0 Å². The maximum Gasteiger partial charge on any atom is 0.137 e. The van der Waals surface area contributed by atoms with Gasteiger partial charge in [-0.3, -0.25) is 10.1 Å². The van der Waals surface area contributed by atoms with Crippen LogP contribution in [0.4, 0.5) is 0 Å². The average molecular weight is 243 g/mol. The van der Waals surface area contributed by atoms with Crippen molar-refractivity contribution in [1.82, 2.24) is 25.5 Å². The number of hydrogen-bond donors (Lipinski definition) is 2. The first kappa shape index (κ1) is 11.3. The van der Waals surface area contributed by atoms with E-state index < -0.39 is 0 Å². The lowest BCUT2D eigenvalue weighted by molar-refractivity contribution is 0.510. The van der Waals surface area contributed by atoms with Crippen LogP contribution in [0.1, 0.15) is 36.0 Å². The van der Waals surface area contributed by atoms with Gasteiger partial charge in [-0.05, 0) is 37.4 Å². The molecule has 1 aliphatic rings. The number of aryl methyl sites for hydroxylation is 2. The van der Waals surface area contributed by atoms with Crippen LogP contribution in [0.2, 0.25) is 0 Å². The molecular weight excluding hydrogens is 226 g/mol. The van der Waals surface area contributed by atoms with Crippen molar-refractivity contribution in [2.75, 3.05) is 6.54 Å². The molecule has 5 heteroatoms. The lowest BCUT2D eigenvalue weighted by Gasteiger charge is -2.12. The number of pyridine rings is 1. The number of nitrogens with zero attached hydrogens (tertiary/aromatic N) is 3. The fourth-order valence-corrected chi connectivity index (χ4v) is 2.49. The Labute approximate surface area is 106 Å². The summed E-state index contributed by atoms with van der Waals surface area (Å²) in [7, 11) is 0. The Kier molecular flexibility index (Phi) is 3.32. The minimum Gasteiger partial charge on any atom is -0.309 e. The number of H-pyrrole nitrogens is 1. The molecule has 0 fully saturated rings. The minimum absolute atomic E-state index is 0.427. The van der Waals surface area contributed by atoms with Crippen LogP contribution in [0.15, 0.2) is 24.7 Å². The molecule has 94 valence electrons. The molecule has 0 radical (unpaired) electrons. The predicted molar refractivity (Wildman–Crippen MR) is 68.0 cm³/mol. The molecule has 2 heterocycles. The van der Waals surface area contributed by atoms with E-state index in [9.17, 15) is 0 Å². The second-order valence-corrected chi connectivity index (χ2v) is 4.63. The van der Waals surface area contributed by atoms with Gasteiger partial charge in [0.1, 0.15) is 12.2 Å². The first-order chi connectivity index (χ1) is 8.93. The zero-order valence-corrected chi connectivity index (χ0v) is 10.3. The Balaban J connectivity index is 1.47. The highest BCUT2D eigenvalue weighted by molar-refractivity contribution is 5.27. The van der Waals surface area contributed by atoms with Crippen molar-refractivity contribution in [3.63, 3.8) is 0 Å². The van der Waals surface area contributed by atoms with Gasteiger partial charge in [-0.2, -0.15) is 5.10 Å². The molecule has 2 aromatic heterocycles. The Morgan fingerprint density at radius 1 is 1.39 bits per heavy atom. The van der Waals surface area contributed by atoms with Crippen LogP contribution in [0, 0.1) is 0 Å². The van der Waals surface area contributed by atoms with E-state index in [2.05, 4.69) is 31.5 Å². The highest BCUT2D eigenvalue weighted by atomic mass is 15.2. The molecule has 0 saturated carbocycles. The van der Waals surface area contributed by atoms with Gasteiger partial charge in [0.05, 0.1) is 11.7 Å². The van der Waals surface area contributed by atoms with E-state index in [1.807, 2.05) is 12.3 Å². The van der Waals surface area contributed by atoms with Crippen LogP contribution in [-0.4, -0.2) is 26.7 Å². The Bertz CT molecular complexity index is 494. The zero-order valence-electron chi connectivity index (χ0n) is 10.3. The van der Waals surface area contributed by atoms with Gasteiger partial charge in [0, 0.05) is 12.6 Å². The van der Waals surface area contributed by atoms with Crippen molar-refractivity contribution >= 4 is 0 Å². The number of hydrogen-bond acceptors (Lipinski definition) is 4. The molecule has 1 atom stereocenters. The first-order valence-electron chi connectivity index (χ1n) is 6.45. The van der Waals surface area contributed by atoms with E-state index in [1.54, 1.807) is 6.33 Å². The highest BCUT2D eigenvalue weighted by Crippen LogP contribution is 2.28. The molecule has 2 N–H and O–H groups in total. The van der Waals surface area contributed by atoms with Crippen molar-refractivity contribution in [1.29, 1.82) is 0 Å². The summed E-state index contributed by atoms with van der Waals surface area (Å²) in [6.45, 7) is 0.987. The topological polar surface area (TPSA) is 66.5 Å². The van der Waals surface area contributed by atoms with E-state index >= 15 is 0 Å². The Hall–Kier alpha value is -1.75. The summed E-state index contributed by atoms with van der Waals surface area (Å²) in [5, 5.41) is 10.3. The summed E-state index contributed by atoms with van der Waals surface area (Å²) >= 11 is 0. The average Bonchev–Trinajstić information content (AvgIpc) is 3.04. The van der Waals surface area contributed by atoms with Gasteiger partial charge in [-0.25, -0.2) is 4.98 Å². The van der Waals surface area contributed by atoms with Crippen LogP contribution >= 0.6 is 0 Å². The van der Waals surface area contributed by atoms with Crippen molar-refractivity contribution in [2.24, 2.45) is 0 Å². The van der Waals surface area contributed by atoms with E-state index in [0.29, 0.717) is 6.04 Å². The van der Waals surface area contributed by atoms with Gasteiger partial charge in [0.2, 0.25) is 0 Å². The molecule has 3 rings (SSSR count). The summed E-state index contributed by atoms with van der Waals surface area (Å²) in [4.78, 5) is 8.59. The van der Waals surface area contributed by atoms with E-state index in [4.69, 9.17) is 0 Å². The standard InChI is InChI=1S/C13H17N5/c1-3-10-5-6-11(13(10)15-8-1)14-7-2-4-12-16-9-17-18-12/h1,3,8-9,11,14H,2,4-7H2,(H,16,17,18). The fraction of sp³-hybridized carbons (Fsp3) is 0.462. The maximum atomic E-state index is 4.48. The van der Waals surface area contributed by atoms with Crippen LogP contribution < -0.4 is 5.32 Å². The lowest BCUT2D eigenvalue weighted by Crippen LogP contribution is -2.21. The van der Waals surface area contributed by atoms with Crippen LogP contribution in [-0.2, 0) is 12.8 Å². The van der Waals surface area contributed by atoms with Gasteiger partial charge < -0.3 is 5.32 Å². The van der Waals surface area contributed by atoms with Crippen molar-refractivity contribution < 1.29 is 0 Å². The fourth-order valence-electron chi connectivity index (χ4n) is 2.49. The quantitative estimate of drug-likeness (QED) is 0.779. The second-order valence-electron chi connectivity index (χ2n) is 4.63. The van der Waals surface area contributed by atoms with E-state index in [1.165, 1.54) is 11.3 Å². The second kappa shape index (κ2) is 5.27. The molecule has 1 unspecified atom stereocenters. The summed E-state index contributed by atoms with van der Waals surface area (Å²) in [6.07, 6.45) is 7.74. The molecule has 0 amide bonds. The van der Waals surface area contributed by atoms with Gasteiger partial charge in [-0.1, -0.05) is 6.07 Å². The third-order valence-corrected chi connectivity index (χ3v) is 3.40. The van der Waals surface area contributed by atoms with Crippen molar-refractivity contribution in [2.45, 2.75) is 31.7 Å². The summed E-state index contributed by atoms with van der Waals surface area (Å²) in [5.41, 5.74) is 2.63. The van der Waals surface area contributed by atoms with Gasteiger partial charge in [-0.15, -0.1) is 0 Å². The van der Waals surface area contributed by atoms with Gasteiger partial charge >= 0.3 is 0 Å². The molecule has 0 bridgehead atoms. The predicted octanol–water partition coefficient (Wildman–Crippen LogP) is 1.41. The molecule has 5 nitrogen and oxygen atoms in total. The molecule has 1 aliphatic carbocycles. The van der Waals surface area contributed by atoms with Crippen molar-refractivity contribution in [3.8, 4) is 0 Å². The SMILES string of the molecule is c1cnc2c(c1)CCC2NCCCc1ncn[nH]1. The summed E-state index contributed by atoms with van der Waals surface area (Å²) in [6, 6.07) is 4.62. The highest BCUT2D eigenvalue weighted by Gasteiger charge is 2.22. The number of fused-ring (bicyclic) bond motifs is 1. The Morgan fingerprint density at radius 3 is 3.28 bits per heavy atom. The van der Waals surface area contributed by atoms with Gasteiger partial charge in [0.25, 0.3) is 0 Å². The smallest absolute Gasteiger partial charge is 0.137 e. The third kappa shape index (κ3) is 2.41. The van der Waals surface area contributed by atoms with Crippen LogP contribution in [0.5, 0.6) is 0 Å². The molecule has 0 aromatic carbocycles. The number of aromatic amines is 1. The first-order valence-corrected chi connectivity index (χ1v) is 6.45. The number of nitrogens with one attached hydrogen (secondary N) is 2. The molecular formula is C13H17N5. The number of rotatable bonds is 5. The monoisotopic (exact) mass is 243 g/mol. The van der Waals surface area contributed by atoms with Crippen molar-refractivity contribution in [3.05, 3.63) is 41.7 Å². The number of aromatic nitrogens is 4.